The molecular weight excluding hydrogens is 368 g/mol. The minimum absolute atomic E-state index is 0.0343. The largest absolute Gasteiger partial charge is 0.465 e. The smallest absolute Gasteiger partial charge is 0.287 e. The first-order valence-electron chi connectivity index (χ1n) is 10.1. The van der Waals surface area contributed by atoms with Crippen molar-refractivity contribution in [1.82, 2.24) is 10.2 Å². The number of furan rings is 1. The Morgan fingerprint density at radius 2 is 1.86 bits per heavy atom. The summed E-state index contributed by atoms with van der Waals surface area (Å²) in [7, 11) is 0. The fourth-order valence-corrected chi connectivity index (χ4v) is 3.94. The molecule has 2 aromatic heterocycles. The van der Waals surface area contributed by atoms with Crippen molar-refractivity contribution < 1.29 is 13.6 Å². The van der Waals surface area contributed by atoms with Crippen molar-refractivity contribution in [3.8, 4) is 0 Å². The molecule has 0 bridgehead atoms. The van der Waals surface area contributed by atoms with Gasteiger partial charge in [0.05, 0.1) is 11.4 Å². The lowest BCUT2D eigenvalue weighted by molar-refractivity contribution is 0.0906. The van der Waals surface area contributed by atoms with Crippen LogP contribution >= 0.6 is 0 Å². The molecule has 6 heteroatoms. The number of hydrogen-bond donors (Lipinski definition) is 1. The van der Waals surface area contributed by atoms with Crippen LogP contribution in [0.3, 0.4) is 0 Å². The van der Waals surface area contributed by atoms with Gasteiger partial charge in [-0.25, -0.2) is 0 Å². The quantitative estimate of drug-likeness (QED) is 0.711. The van der Waals surface area contributed by atoms with E-state index >= 15 is 0 Å². The second kappa shape index (κ2) is 7.87. The Kier molecular flexibility index (Phi) is 5.28. The number of carbonyl (C=O) groups is 1. The van der Waals surface area contributed by atoms with E-state index < -0.39 is 5.91 Å². The van der Waals surface area contributed by atoms with Crippen molar-refractivity contribution in [2.45, 2.75) is 39.7 Å². The van der Waals surface area contributed by atoms with Gasteiger partial charge in [0.1, 0.15) is 17.1 Å². The summed E-state index contributed by atoms with van der Waals surface area (Å²) >= 11 is 0. The van der Waals surface area contributed by atoms with E-state index in [1.54, 1.807) is 6.07 Å². The number of likely N-dealkylation sites (tertiary alicyclic amines) is 1. The molecule has 6 nitrogen and oxygen atoms in total. The average Bonchev–Trinajstić information content (AvgIpc) is 3.37. The standard InChI is InChI=1S/C23H26N2O4/c1-14-6-8-17-19(26)12-21(29-22(17)16(14)3)23(27)24-13-18(25-10-4-5-11-25)20-9-7-15(2)28-20/h6-9,12,18H,4-5,10-11,13H2,1-3H3,(H,24,27)/t18-/m1/s1. The van der Waals surface area contributed by atoms with Gasteiger partial charge in [0.2, 0.25) is 0 Å². The van der Waals surface area contributed by atoms with E-state index in [1.165, 1.54) is 6.07 Å². The molecule has 1 saturated heterocycles. The lowest BCUT2D eigenvalue weighted by Gasteiger charge is -2.26. The van der Waals surface area contributed by atoms with Gasteiger partial charge in [-0.3, -0.25) is 14.5 Å². The predicted molar refractivity (Wildman–Crippen MR) is 111 cm³/mol. The molecule has 1 aromatic carbocycles. The minimum Gasteiger partial charge on any atom is -0.465 e. The Morgan fingerprint density at radius 1 is 1.10 bits per heavy atom. The van der Waals surface area contributed by atoms with E-state index in [1.807, 2.05) is 39.0 Å². The molecule has 1 fully saturated rings. The summed E-state index contributed by atoms with van der Waals surface area (Å²) in [6.07, 6.45) is 2.28. The van der Waals surface area contributed by atoms with E-state index in [2.05, 4.69) is 10.2 Å². The lowest BCUT2D eigenvalue weighted by atomic mass is 10.1. The molecule has 0 unspecified atom stereocenters. The van der Waals surface area contributed by atoms with Crippen molar-refractivity contribution in [2.75, 3.05) is 19.6 Å². The topological polar surface area (TPSA) is 75.7 Å². The first kappa shape index (κ1) is 19.5. The van der Waals surface area contributed by atoms with Crippen LogP contribution < -0.4 is 10.7 Å². The van der Waals surface area contributed by atoms with Crippen LogP contribution in [0.4, 0.5) is 0 Å². The number of amides is 1. The first-order valence-corrected chi connectivity index (χ1v) is 10.1. The van der Waals surface area contributed by atoms with Crippen LogP contribution in [0.2, 0.25) is 0 Å². The molecule has 0 saturated carbocycles. The summed E-state index contributed by atoms with van der Waals surface area (Å²) in [6, 6.07) is 8.77. The van der Waals surface area contributed by atoms with Gasteiger partial charge in [-0.1, -0.05) is 6.07 Å². The number of carbonyl (C=O) groups excluding carboxylic acids is 1. The summed E-state index contributed by atoms with van der Waals surface area (Å²) in [4.78, 5) is 27.6. The number of benzene rings is 1. The highest BCUT2D eigenvalue weighted by atomic mass is 16.3. The van der Waals surface area contributed by atoms with E-state index in [9.17, 15) is 9.59 Å². The van der Waals surface area contributed by atoms with Crippen molar-refractivity contribution >= 4 is 16.9 Å². The van der Waals surface area contributed by atoms with E-state index in [4.69, 9.17) is 8.83 Å². The number of aryl methyl sites for hydroxylation is 3. The second-order valence-electron chi connectivity index (χ2n) is 7.78. The van der Waals surface area contributed by atoms with Gasteiger partial charge in [-0.15, -0.1) is 0 Å². The fraction of sp³-hybridized carbons (Fsp3) is 0.391. The molecule has 1 N–H and O–H groups in total. The molecule has 1 amide bonds. The summed E-state index contributed by atoms with van der Waals surface area (Å²) in [5.74, 6) is 1.34. The van der Waals surface area contributed by atoms with Gasteiger partial charge in [0, 0.05) is 12.6 Å². The third kappa shape index (κ3) is 3.85. The summed E-state index contributed by atoms with van der Waals surface area (Å²) in [5, 5.41) is 3.43. The van der Waals surface area contributed by atoms with Crippen molar-refractivity contribution in [1.29, 1.82) is 0 Å². The SMILES string of the molecule is Cc1ccc([C@@H](CNC(=O)c2cc(=O)c3ccc(C)c(C)c3o2)N2CCCC2)o1. The maximum absolute atomic E-state index is 12.8. The van der Waals surface area contributed by atoms with Crippen LogP contribution in [-0.4, -0.2) is 30.4 Å². The highest BCUT2D eigenvalue weighted by Gasteiger charge is 2.27. The van der Waals surface area contributed by atoms with Crippen LogP contribution in [0.1, 0.15) is 52.1 Å². The Labute approximate surface area is 169 Å². The third-order valence-electron chi connectivity index (χ3n) is 5.77. The maximum Gasteiger partial charge on any atom is 0.287 e. The molecule has 0 radical (unpaired) electrons. The molecule has 3 aromatic rings. The summed E-state index contributed by atoms with van der Waals surface area (Å²) < 4.78 is 11.7. The van der Waals surface area contributed by atoms with Crippen LogP contribution in [0, 0.1) is 20.8 Å². The third-order valence-corrected chi connectivity index (χ3v) is 5.77. The van der Waals surface area contributed by atoms with Crippen LogP contribution in [0.25, 0.3) is 11.0 Å². The van der Waals surface area contributed by atoms with Gasteiger partial charge >= 0.3 is 0 Å². The molecule has 152 valence electrons. The fourth-order valence-electron chi connectivity index (χ4n) is 3.94. The van der Waals surface area contributed by atoms with Crippen LogP contribution in [-0.2, 0) is 0 Å². The molecule has 3 heterocycles. The van der Waals surface area contributed by atoms with E-state index in [0.29, 0.717) is 17.5 Å². The van der Waals surface area contributed by atoms with E-state index in [0.717, 1.165) is 48.6 Å². The Morgan fingerprint density at radius 3 is 2.55 bits per heavy atom. The zero-order valence-corrected chi connectivity index (χ0v) is 17.1. The minimum atomic E-state index is -0.391. The lowest BCUT2D eigenvalue weighted by Crippen LogP contribution is -2.36. The van der Waals surface area contributed by atoms with Crippen molar-refractivity contribution in [3.63, 3.8) is 0 Å². The molecular formula is C23H26N2O4. The number of nitrogens with one attached hydrogen (secondary N) is 1. The highest BCUT2D eigenvalue weighted by molar-refractivity contribution is 5.93. The van der Waals surface area contributed by atoms with Gasteiger partial charge < -0.3 is 14.2 Å². The van der Waals surface area contributed by atoms with Gasteiger partial charge in [0.25, 0.3) is 5.91 Å². The molecule has 0 spiro atoms. The number of fused-ring (bicyclic) bond motifs is 1. The van der Waals surface area contributed by atoms with Gasteiger partial charge in [0.15, 0.2) is 11.2 Å². The van der Waals surface area contributed by atoms with Gasteiger partial charge in [-0.2, -0.15) is 0 Å². The average molecular weight is 394 g/mol. The number of hydrogen-bond acceptors (Lipinski definition) is 5. The molecule has 1 aliphatic rings. The molecule has 4 rings (SSSR count). The van der Waals surface area contributed by atoms with Crippen molar-refractivity contribution in [2.24, 2.45) is 0 Å². The Balaban J connectivity index is 1.58. The zero-order chi connectivity index (χ0) is 20.5. The zero-order valence-electron chi connectivity index (χ0n) is 17.1. The molecule has 0 aliphatic carbocycles. The predicted octanol–water partition coefficient (Wildman–Crippen LogP) is 3.88. The van der Waals surface area contributed by atoms with Crippen LogP contribution in [0.5, 0.6) is 0 Å². The first-order chi connectivity index (χ1) is 13.9. The second-order valence-corrected chi connectivity index (χ2v) is 7.78. The van der Waals surface area contributed by atoms with Crippen molar-refractivity contribution in [3.05, 3.63) is 69.0 Å². The normalized spacial score (nSPS) is 15.7. The number of rotatable bonds is 5. The monoisotopic (exact) mass is 394 g/mol. The number of nitrogens with zero attached hydrogens (tertiary/aromatic N) is 1. The van der Waals surface area contributed by atoms with E-state index in [-0.39, 0.29) is 17.2 Å². The maximum atomic E-state index is 12.8. The van der Waals surface area contributed by atoms with Crippen LogP contribution in [0.15, 0.2) is 44.0 Å². The Bertz CT molecular complexity index is 1110. The molecule has 29 heavy (non-hydrogen) atoms. The Hall–Kier alpha value is -2.86. The highest BCUT2D eigenvalue weighted by Crippen LogP contribution is 2.26. The molecule has 1 aliphatic heterocycles. The molecule has 1 atom stereocenters. The van der Waals surface area contributed by atoms with Gasteiger partial charge in [-0.05, 0) is 76.0 Å². The summed E-state index contributed by atoms with van der Waals surface area (Å²) in [6.45, 7) is 8.10. The summed E-state index contributed by atoms with van der Waals surface area (Å²) in [5.41, 5.74) is 2.15.